The molecule has 4 heterocycles. The van der Waals surface area contributed by atoms with E-state index < -0.39 is 120 Å². The molecule has 3 aliphatic rings. The van der Waals surface area contributed by atoms with Gasteiger partial charge in [0.2, 0.25) is 12.6 Å². The molecule has 5 aromatic rings. The lowest BCUT2D eigenvalue weighted by molar-refractivity contribution is -0.277. The summed E-state index contributed by atoms with van der Waals surface area (Å²) in [5, 5.41) is 125. The number of ether oxygens (including phenoxy) is 5. The van der Waals surface area contributed by atoms with Gasteiger partial charge in [0.1, 0.15) is 112 Å². The highest BCUT2D eigenvalue weighted by molar-refractivity contribution is 6.03. The van der Waals surface area contributed by atoms with Crippen LogP contribution in [0.25, 0.3) is 33.4 Å². The number of phenolic OH excluding ortho intramolecular Hbond substituents is 4. The first-order chi connectivity index (χ1) is 29.6. The summed E-state index contributed by atoms with van der Waals surface area (Å²) in [6, 6.07) is 13.8. The second-order valence-corrected chi connectivity index (χ2v) is 15.0. The topological polar surface area (TPSA) is 336 Å². The van der Waals surface area contributed by atoms with Gasteiger partial charge in [-0.05, 0) is 42.0 Å². The van der Waals surface area contributed by atoms with Gasteiger partial charge in [-0.15, -0.1) is 0 Å². The third-order valence-electron chi connectivity index (χ3n) is 10.9. The molecule has 0 bridgehead atoms. The van der Waals surface area contributed by atoms with E-state index in [-0.39, 0.29) is 57.3 Å². The van der Waals surface area contributed by atoms with Gasteiger partial charge in [-0.1, -0.05) is 6.07 Å². The summed E-state index contributed by atoms with van der Waals surface area (Å²) in [7, 11) is 0. The van der Waals surface area contributed by atoms with Crippen LogP contribution in [-0.4, -0.2) is 142 Å². The van der Waals surface area contributed by atoms with Gasteiger partial charge in [-0.2, -0.15) is 0 Å². The zero-order chi connectivity index (χ0) is 44.3. The average Bonchev–Trinajstić information content (AvgIpc) is 3.24. The summed E-state index contributed by atoms with van der Waals surface area (Å²) in [4.78, 5) is 27.3. The summed E-state index contributed by atoms with van der Waals surface area (Å²) in [5.74, 6) is -3.34. The number of hydrogen-bond acceptors (Lipinski definition) is 20. The largest absolute Gasteiger partial charge is 0.508 e. The third kappa shape index (κ3) is 7.62. The van der Waals surface area contributed by atoms with Crippen molar-refractivity contribution >= 4 is 16.8 Å². The highest BCUT2D eigenvalue weighted by Gasteiger charge is 2.46. The van der Waals surface area contributed by atoms with Crippen molar-refractivity contribution in [1.29, 1.82) is 0 Å². The number of carbonyl (C=O) groups is 1. The Morgan fingerprint density at radius 1 is 0.629 bits per heavy atom. The maximum absolute atomic E-state index is 13.7. The lowest BCUT2D eigenvalue weighted by atomic mass is 9.92. The molecule has 0 radical (unpaired) electrons. The summed E-state index contributed by atoms with van der Waals surface area (Å²) >= 11 is 0. The molecule has 11 atom stereocenters. The fourth-order valence-corrected chi connectivity index (χ4v) is 7.62. The van der Waals surface area contributed by atoms with Crippen molar-refractivity contribution < 1.29 is 94.2 Å². The monoisotopic (exact) mass is 864 g/mol. The van der Waals surface area contributed by atoms with Gasteiger partial charge in [0.25, 0.3) is 0 Å². The van der Waals surface area contributed by atoms with E-state index in [0.29, 0.717) is 5.56 Å². The van der Waals surface area contributed by atoms with Crippen LogP contribution >= 0.6 is 0 Å². The second-order valence-electron chi connectivity index (χ2n) is 15.0. The highest BCUT2D eigenvalue weighted by Crippen LogP contribution is 2.48. The molecule has 3 aliphatic heterocycles. The molecular formula is C42H40O20. The Morgan fingerprint density at radius 2 is 1.26 bits per heavy atom. The zero-order valence-corrected chi connectivity index (χ0v) is 32.0. The minimum Gasteiger partial charge on any atom is -0.508 e. The van der Waals surface area contributed by atoms with Gasteiger partial charge in [0.15, 0.2) is 16.8 Å². The Kier molecular flexibility index (Phi) is 11.5. The molecule has 0 amide bonds. The third-order valence-corrected chi connectivity index (χ3v) is 10.9. The maximum Gasteiger partial charge on any atom is 0.229 e. The first-order valence-corrected chi connectivity index (χ1v) is 19.1. The molecule has 12 N–H and O–H groups in total. The molecule has 2 fully saturated rings. The maximum atomic E-state index is 13.7. The van der Waals surface area contributed by atoms with Gasteiger partial charge in [0, 0.05) is 35.4 Å². The van der Waals surface area contributed by atoms with E-state index in [1.54, 1.807) is 0 Å². The van der Waals surface area contributed by atoms with Crippen molar-refractivity contribution in [3.8, 4) is 62.7 Å². The Bertz CT molecular complexity index is 2550. The smallest absolute Gasteiger partial charge is 0.229 e. The van der Waals surface area contributed by atoms with Crippen LogP contribution in [0.1, 0.15) is 28.4 Å². The predicted molar refractivity (Wildman–Crippen MR) is 208 cm³/mol. The van der Waals surface area contributed by atoms with Gasteiger partial charge in [-0.3, -0.25) is 9.59 Å². The number of aromatic hydroxyl groups is 4. The van der Waals surface area contributed by atoms with Crippen molar-refractivity contribution in [3.05, 3.63) is 88.1 Å². The molecule has 0 saturated carbocycles. The van der Waals surface area contributed by atoms with E-state index in [1.807, 2.05) is 0 Å². The molecule has 62 heavy (non-hydrogen) atoms. The molecule has 20 heteroatoms. The van der Waals surface area contributed by atoms with Crippen LogP contribution in [-0.2, 0) is 9.47 Å². The Morgan fingerprint density at radius 3 is 1.89 bits per heavy atom. The molecule has 20 nitrogen and oxygen atoms in total. The lowest BCUT2D eigenvalue weighted by Crippen LogP contribution is -2.60. The van der Waals surface area contributed by atoms with Crippen molar-refractivity contribution in [2.45, 2.75) is 73.9 Å². The molecule has 8 rings (SSSR count). The van der Waals surface area contributed by atoms with E-state index in [4.69, 9.17) is 28.1 Å². The van der Waals surface area contributed by atoms with E-state index in [0.717, 1.165) is 18.2 Å². The number of aliphatic hydroxyl groups excluding tert-OH is 8. The van der Waals surface area contributed by atoms with Gasteiger partial charge < -0.3 is 89.4 Å². The lowest BCUT2D eigenvalue weighted by Gasteiger charge is -2.39. The molecule has 328 valence electrons. The fraction of sp³-hybridized carbons (Fsp3) is 0.333. The second kappa shape index (κ2) is 16.7. The van der Waals surface area contributed by atoms with Gasteiger partial charge in [-0.25, -0.2) is 0 Å². The summed E-state index contributed by atoms with van der Waals surface area (Å²) in [6.07, 6.45) is -18.6. The van der Waals surface area contributed by atoms with Crippen molar-refractivity contribution in [3.63, 3.8) is 0 Å². The molecule has 0 aliphatic carbocycles. The first-order valence-electron chi connectivity index (χ1n) is 19.1. The highest BCUT2D eigenvalue weighted by atomic mass is 16.7. The van der Waals surface area contributed by atoms with Gasteiger partial charge >= 0.3 is 0 Å². The minimum atomic E-state index is -1.94. The quantitative estimate of drug-likeness (QED) is 0.0929. The van der Waals surface area contributed by atoms with Crippen molar-refractivity contribution in [2.24, 2.45) is 0 Å². The van der Waals surface area contributed by atoms with Crippen LogP contribution in [0.5, 0.6) is 40.2 Å². The molecular weight excluding hydrogens is 824 g/mol. The Hall–Kier alpha value is -6.04. The molecule has 0 unspecified atom stereocenters. The zero-order valence-electron chi connectivity index (χ0n) is 32.0. The van der Waals surface area contributed by atoms with E-state index in [2.05, 4.69) is 0 Å². The number of fused-ring (bicyclic) bond motifs is 2. The fourth-order valence-electron chi connectivity index (χ4n) is 7.62. The van der Waals surface area contributed by atoms with Crippen LogP contribution in [0.3, 0.4) is 0 Å². The summed E-state index contributed by atoms with van der Waals surface area (Å²) in [5.41, 5.74) is -1.26. The van der Waals surface area contributed by atoms with Crippen molar-refractivity contribution in [2.75, 3.05) is 13.2 Å². The van der Waals surface area contributed by atoms with Crippen LogP contribution in [0.4, 0.5) is 0 Å². The average molecular weight is 865 g/mol. The van der Waals surface area contributed by atoms with Crippen LogP contribution in [0.2, 0.25) is 0 Å². The number of hydrogen-bond donors (Lipinski definition) is 12. The molecule has 4 aromatic carbocycles. The predicted octanol–water partition coefficient (Wildman–Crippen LogP) is 0.0133. The molecule has 2 saturated heterocycles. The van der Waals surface area contributed by atoms with Crippen molar-refractivity contribution in [1.82, 2.24) is 0 Å². The van der Waals surface area contributed by atoms with Crippen LogP contribution < -0.4 is 19.6 Å². The number of rotatable bonds is 9. The number of carbonyl (C=O) groups excluding carboxylic acids is 1. The standard InChI is InChI=1S/C42H40O20/c43-13-29-34(51)36(53)38(55)41(61-29)57-18-8-21(47)32-22(48)10-26(58-27(32)9-18)16-3-6-20(46)19(7-16)31-28(60-42-39(56)37(54)35(52)30(14-44)62-42)12-24(50)33-23(49)11-25(59-40(31)33)15-1-4-17(45)5-2-15/h1-9,11-12,26,29-30,34-39,41-47,50-56H,10,13-14H2/t26-,29+,30+,34+,35+,36-,37-,38+,39+,41+,42+/m0/s1. The summed E-state index contributed by atoms with van der Waals surface area (Å²) < 4.78 is 35.0. The van der Waals surface area contributed by atoms with Gasteiger partial charge in [0.05, 0.1) is 25.2 Å². The number of benzene rings is 4. The Labute approximate surface area is 348 Å². The van der Waals surface area contributed by atoms with Crippen LogP contribution in [0.15, 0.2) is 75.9 Å². The normalized spacial score (nSPS) is 28.6. The number of aliphatic hydroxyl groups is 8. The molecule has 0 spiro atoms. The van der Waals surface area contributed by atoms with Crippen LogP contribution in [0, 0.1) is 0 Å². The SMILES string of the molecule is O=C1C[C@@H](c2ccc(O)c(-c3c(O[C@@H]4O[C@H](CO)[C@@H](O)[C@H](O)[C@H]4O)cc(O)c4c(=O)cc(-c5ccc(O)cc5)oc34)c2)Oc2cc(O[C@@H]3O[C@H](CO)[C@@H](O)[C@H](O)[C@H]3O)cc(O)c21. The number of phenols is 4. The summed E-state index contributed by atoms with van der Waals surface area (Å²) in [6.45, 7) is -1.54. The number of Topliss-reactive ketones (excluding diaryl/α,β-unsaturated/α-hetero) is 1. The molecule has 1 aromatic heterocycles. The first kappa shape index (κ1) is 42.6. The Balaban J connectivity index is 1.22. The minimum absolute atomic E-state index is 0.0665. The number of ketones is 1. The van der Waals surface area contributed by atoms with E-state index in [1.165, 1.54) is 48.5 Å². The van der Waals surface area contributed by atoms with E-state index in [9.17, 15) is 70.9 Å². The van der Waals surface area contributed by atoms with E-state index >= 15 is 0 Å².